The second-order valence-corrected chi connectivity index (χ2v) is 21.2. The molecule has 4 heterocycles. The molecule has 2 fully saturated rings. The summed E-state index contributed by atoms with van der Waals surface area (Å²) in [6.07, 6.45) is 12.8. The van der Waals surface area contributed by atoms with Crippen LogP contribution in [-0.2, 0) is 26.5 Å². The van der Waals surface area contributed by atoms with Crippen molar-refractivity contribution in [3.05, 3.63) is 113 Å². The van der Waals surface area contributed by atoms with E-state index in [-0.39, 0.29) is 42.5 Å². The molecule has 0 aliphatic heterocycles. The Kier molecular flexibility index (Phi) is 9.83. The van der Waals surface area contributed by atoms with E-state index in [4.69, 9.17) is 19.5 Å². The molecule has 4 aromatic heterocycles. The molecule has 8 rings (SSSR count). The third-order valence-corrected chi connectivity index (χ3v) is 12.3. The summed E-state index contributed by atoms with van der Waals surface area (Å²) in [4.78, 5) is 13.2. The molecule has 0 atom stereocenters. The van der Waals surface area contributed by atoms with E-state index in [1.807, 2.05) is 24.3 Å². The minimum absolute atomic E-state index is 0. The maximum atomic E-state index is 9.64. The zero-order chi connectivity index (χ0) is 53.3. The molecule has 6 aromatic rings. The molecule has 2 aliphatic rings. The molecular formula is C56H71IrN3O-2. The van der Waals surface area contributed by atoms with Crippen LogP contribution in [0.1, 0.15) is 177 Å². The average Bonchev–Trinajstić information content (AvgIpc) is 3.65. The largest absolute Gasteiger partial charge is 0.486 e. The van der Waals surface area contributed by atoms with Gasteiger partial charge in [-0.25, -0.2) is 4.98 Å². The molecule has 1 radical (unpaired) electrons. The van der Waals surface area contributed by atoms with Crippen LogP contribution < -0.4 is 0 Å². The van der Waals surface area contributed by atoms with Gasteiger partial charge in [0.05, 0.1) is 5.58 Å². The second kappa shape index (κ2) is 18.2. The molecule has 0 saturated heterocycles. The van der Waals surface area contributed by atoms with Crippen LogP contribution >= 0.6 is 0 Å². The van der Waals surface area contributed by atoms with E-state index in [0.29, 0.717) is 55.5 Å². The summed E-state index contributed by atoms with van der Waals surface area (Å²) in [6.45, 7) is 12.5. The van der Waals surface area contributed by atoms with Gasteiger partial charge in [0, 0.05) is 60.0 Å². The predicted molar refractivity (Wildman–Crippen MR) is 252 cm³/mol. The van der Waals surface area contributed by atoms with E-state index in [2.05, 4.69) is 68.6 Å². The standard InChI is InChI=1S/C38H49N2O.C18H22N.Ir/c1-26-11-12-30-29-9-8-10-31(33(29)41-34(30)40-26)32-23-28(15-22-39-32)27-13-16-37(17-14-27)18-20-38(21-19-37,24-35(2,3)4)25-36(5,6)7;1-13-6-8-15(9-7-13)17-10-16(11-18(3,4)5)14(2)12-19-17;/h8-9,11-12,15,22-23,27H,13-14,16-21,24-25H2,1-7H3;6-8,10,12H,11H2,1-5H3;/q2*-1;/i1D3,27D;1D3,2D3,11D2;. The van der Waals surface area contributed by atoms with Gasteiger partial charge in [-0.2, -0.15) is 0 Å². The van der Waals surface area contributed by atoms with Gasteiger partial charge in [-0.15, -0.1) is 53.6 Å². The topological polar surface area (TPSA) is 51.8 Å². The zero-order valence-electron chi connectivity index (χ0n) is 49.6. The normalized spacial score (nSPS) is 21.2. The van der Waals surface area contributed by atoms with Crippen molar-refractivity contribution in [1.82, 2.24) is 15.0 Å². The summed E-state index contributed by atoms with van der Waals surface area (Å²) >= 11 is 0. The molecule has 0 unspecified atom stereocenters. The summed E-state index contributed by atoms with van der Waals surface area (Å²) in [5, 5.41) is 1.61. The van der Waals surface area contributed by atoms with Crippen molar-refractivity contribution in [2.24, 2.45) is 27.1 Å². The fourth-order valence-electron chi connectivity index (χ4n) is 10.1. The van der Waals surface area contributed by atoms with E-state index >= 15 is 0 Å². The summed E-state index contributed by atoms with van der Waals surface area (Å²) < 4.78 is 101. The first-order valence-electron chi connectivity index (χ1n) is 27.7. The summed E-state index contributed by atoms with van der Waals surface area (Å²) in [5.74, 6) is -0.647. The Morgan fingerprint density at radius 2 is 1.51 bits per heavy atom. The fraction of sp³-hybridized carbons (Fsp3) is 0.518. The first-order chi connectivity index (χ1) is 32.9. The van der Waals surface area contributed by atoms with Crippen LogP contribution in [0.2, 0.25) is 0 Å². The molecule has 0 bridgehead atoms. The molecule has 1 spiro atoms. The van der Waals surface area contributed by atoms with Gasteiger partial charge in [0.2, 0.25) is 5.71 Å². The first kappa shape index (κ1) is 32.9. The number of hydrogen-bond donors (Lipinski definition) is 0. The van der Waals surface area contributed by atoms with Gasteiger partial charge in [-0.05, 0) is 152 Å². The molecular weight excluding hydrogens is 923 g/mol. The molecule has 2 aromatic carbocycles. The molecule has 2 aliphatic carbocycles. The van der Waals surface area contributed by atoms with Gasteiger partial charge in [0.1, 0.15) is 0 Å². The number of benzene rings is 2. The van der Waals surface area contributed by atoms with E-state index in [1.54, 1.807) is 39.1 Å². The number of rotatable bonds is 6. The van der Waals surface area contributed by atoms with Gasteiger partial charge >= 0.3 is 0 Å². The fourth-order valence-corrected chi connectivity index (χ4v) is 10.1. The van der Waals surface area contributed by atoms with Crippen molar-refractivity contribution in [1.29, 1.82) is 0 Å². The molecule has 61 heavy (non-hydrogen) atoms. The summed E-state index contributed by atoms with van der Waals surface area (Å²) in [5.41, 5.74) is 4.78. The molecule has 2 saturated carbocycles. The van der Waals surface area contributed by atoms with Gasteiger partial charge < -0.3 is 14.4 Å². The minimum atomic E-state index is -2.51. The maximum absolute atomic E-state index is 9.64. The molecule has 0 amide bonds. The van der Waals surface area contributed by atoms with Crippen LogP contribution in [0.5, 0.6) is 0 Å². The Labute approximate surface area is 398 Å². The van der Waals surface area contributed by atoms with Crippen molar-refractivity contribution in [2.75, 3.05) is 0 Å². The number of pyridine rings is 3. The van der Waals surface area contributed by atoms with Gasteiger partial charge in [0.25, 0.3) is 0 Å². The first-order valence-corrected chi connectivity index (χ1v) is 21.7. The third-order valence-electron chi connectivity index (χ3n) is 12.3. The average molecular weight is 1010 g/mol. The van der Waals surface area contributed by atoms with Crippen LogP contribution in [0.25, 0.3) is 44.6 Å². The SMILES string of the molecule is [2H]C([2H])([2H])c1c[c-]c(-c2cc(C([2H])([2H])C(C)(C)C)c(C([2H])([2H])[2H])cn2)cc1.[2H]C([2H])([2H])c1ccc2c(n1)oc1c(-c3cc(C4([2H])CCC5(CCC(CC(C)(C)C)(CC(C)(C)C)CC5)CC4)ccn3)[c-]ccc12.[Ir]. The van der Waals surface area contributed by atoms with E-state index in [0.717, 1.165) is 42.0 Å². The number of furan rings is 1. The maximum Gasteiger partial charge on any atom is 0.216 e. The Morgan fingerprint density at radius 3 is 2.13 bits per heavy atom. The molecule has 0 N–H and O–H groups in total. The zero-order valence-corrected chi connectivity index (χ0v) is 40.0. The second-order valence-electron chi connectivity index (χ2n) is 21.2. The monoisotopic (exact) mass is 1010 g/mol. The van der Waals surface area contributed by atoms with Crippen molar-refractivity contribution in [3.63, 3.8) is 0 Å². The number of fused-ring (bicyclic) bond motifs is 3. The summed E-state index contributed by atoms with van der Waals surface area (Å²) in [7, 11) is 0. The minimum Gasteiger partial charge on any atom is -0.486 e. The Bertz CT molecular complexity index is 2860. The number of nitrogens with zero attached hydrogens (tertiary/aromatic N) is 3. The van der Waals surface area contributed by atoms with Gasteiger partial charge in [-0.1, -0.05) is 103 Å². The van der Waals surface area contributed by atoms with Crippen LogP contribution in [0, 0.1) is 59.8 Å². The van der Waals surface area contributed by atoms with Crippen molar-refractivity contribution < 1.29 is 41.0 Å². The Hall–Kier alpha value is -3.66. The molecule has 327 valence electrons. The molecule has 4 nitrogen and oxygen atoms in total. The number of hydrogen-bond acceptors (Lipinski definition) is 4. The van der Waals surface area contributed by atoms with Crippen LogP contribution in [-0.4, -0.2) is 15.0 Å². The van der Waals surface area contributed by atoms with Crippen molar-refractivity contribution in [3.8, 4) is 22.5 Å². The smallest absolute Gasteiger partial charge is 0.216 e. The number of aromatic nitrogens is 3. The Balaban J connectivity index is 0.000000267. The summed E-state index contributed by atoms with van der Waals surface area (Å²) in [6, 6.07) is 23.0. The number of aryl methyl sites for hydroxylation is 3. The van der Waals surface area contributed by atoms with Gasteiger partial charge in [-0.3, -0.25) is 0 Å². The van der Waals surface area contributed by atoms with Crippen molar-refractivity contribution >= 4 is 22.1 Å². The van der Waals surface area contributed by atoms with E-state index in [1.165, 1.54) is 69.0 Å². The molecule has 5 heteroatoms. The Morgan fingerprint density at radius 1 is 0.770 bits per heavy atom. The predicted octanol–water partition coefficient (Wildman–Crippen LogP) is 16.0. The van der Waals surface area contributed by atoms with Crippen LogP contribution in [0.4, 0.5) is 0 Å². The van der Waals surface area contributed by atoms with Crippen LogP contribution in [0.15, 0.2) is 77.5 Å². The van der Waals surface area contributed by atoms with Crippen LogP contribution in [0.3, 0.4) is 0 Å². The third kappa shape index (κ3) is 11.7. The van der Waals surface area contributed by atoms with E-state index < -0.39 is 38.2 Å². The van der Waals surface area contributed by atoms with E-state index in [9.17, 15) is 1.37 Å². The van der Waals surface area contributed by atoms with Gasteiger partial charge in [0.15, 0.2) is 0 Å². The quantitative estimate of drug-likeness (QED) is 0.156. The van der Waals surface area contributed by atoms with Crippen molar-refractivity contribution in [2.45, 2.75) is 159 Å².